The minimum Gasteiger partial charge on any atom is -0.328 e. The fraction of sp³-hybridized carbons (Fsp3) is 0.875. The first-order valence-electron chi connectivity index (χ1n) is 4.19. The van der Waals surface area contributed by atoms with Crippen LogP contribution in [-0.4, -0.2) is 18.6 Å². The summed E-state index contributed by atoms with van der Waals surface area (Å²) in [4.78, 5) is 0. The van der Waals surface area contributed by atoms with Gasteiger partial charge in [-0.15, -0.1) is 0 Å². The van der Waals surface area contributed by atoms with E-state index < -0.39 is 0 Å². The lowest BCUT2D eigenvalue weighted by Gasteiger charge is -2.25. The van der Waals surface area contributed by atoms with Gasteiger partial charge in [-0.2, -0.15) is 5.26 Å². The molecule has 3 N–H and O–H groups in total. The van der Waals surface area contributed by atoms with Gasteiger partial charge in [0.15, 0.2) is 0 Å². The average molecular weight is 153 g/mol. The number of rotatable bonds is 2. The second-order valence-electron chi connectivity index (χ2n) is 3.15. The predicted octanol–water partition coefficient (Wildman–Crippen LogP) is 0.369. The first-order chi connectivity index (χ1) is 5.33. The van der Waals surface area contributed by atoms with Gasteiger partial charge in [-0.25, -0.2) is 0 Å². The first-order valence-corrected chi connectivity index (χ1v) is 4.19. The smallest absolute Gasteiger partial charge is 0.0843 e. The van der Waals surface area contributed by atoms with Crippen molar-refractivity contribution < 1.29 is 0 Å². The van der Waals surface area contributed by atoms with Crippen LogP contribution in [0.25, 0.3) is 0 Å². The van der Waals surface area contributed by atoms with Crippen molar-refractivity contribution in [1.29, 1.82) is 5.26 Å². The summed E-state index contributed by atoms with van der Waals surface area (Å²) >= 11 is 0. The van der Waals surface area contributed by atoms with Crippen LogP contribution in [0.3, 0.4) is 0 Å². The third-order valence-corrected chi connectivity index (χ3v) is 2.24. The van der Waals surface area contributed by atoms with E-state index in [0.717, 1.165) is 25.7 Å². The monoisotopic (exact) mass is 153 g/mol. The van der Waals surface area contributed by atoms with Crippen LogP contribution in [0.4, 0.5) is 0 Å². The first kappa shape index (κ1) is 8.51. The van der Waals surface area contributed by atoms with Gasteiger partial charge in [-0.3, -0.25) is 0 Å². The number of nitriles is 1. The molecule has 0 unspecified atom stereocenters. The lowest BCUT2D eigenvalue weighted by atomic mass is 9.92. The van der Waals surface area contributed by atoms with Crippen LogP contribution in [0.5, 0.6) is 0 Å². The van der Waals surface area contributed by atoms with Crippen LogP contribution in [0, 0.1) is 11.3 Å². The molecule has 0 amide bonds. The number of nitrogens with two attached hydrogens (primary N) is 1. The highest BCUT2D eigenvalue weighted by Crippen LogP contribution is 2.16. The van der Waals surface area contributed by atoms with E-state index in [9.17, 15) is 0 Å². The third kappa shape index (κ3) is 2.87. The highest BCUT2D eigenvalue weighted by molar-refractivity contribution is 4.82. The topological polar surface area (TPSA) is 61.8 Å². The molecule has 0 atom stereocenters. The summed E-state index contributed by atoms with van der Waals surface area (Å²) in [5, 5.41) is 11.5. The summed E-state index contributed by atoms with van der Waals surface area (Å²) in [6, 6.07) is 3.02. The molecular formula is C8H15N3. The van der Waals surface area contributed by atoms with E-state index in [1.165, 1.54) is 0 Å². The van der Waals surface area contributed by atoms with Gasteiger partial charge in [0, 0.05) is 12.1 Å². The van der Waals surface area contributed by atoms with Crippen LogP contribution in [0.1, 0.15) is 25.7 Å². The van der Waals surface area contributed by atoms with Gasteiger partial charge >= 0.3 is 0 Å². The van der Waals surface area contributed by atoms with Crippen molar-refractivity contribution in [1.82, 2.24) is 5.32 Å². The Morgan fingerprint density at radius 1 is 1.36 bits per heavy atom. The zero-order valence-corrected chi connectivity index (χ0v) is 6.71. The minimum absolute atomic E-state index is 0.398. The second kappa shape index (κ2) is 4.32. The molecule has 62 valence electrons. The molecule has 0 saturated heterocycles. The summed E-state index contributed by atoms with van der Waals surface area (Å²) in [5.74, 6) is 0. The molecule has 0 aliphatic heterocycles. The SMILES string of the molecule is N#CCNC1CCC(N)CC1. The minimum atomic E-state index is 0.398. The molecule has 1 fully saturated rings. The van der Waals surface area contributed by atoms with Crippen molar-refractivity contribution >= 4 is 0 Å². The summed E-state index contributed by atoms with van der Waals surface area (Å²) in [6.45, 7) is 0.472. The van der Waals surface area contributed by atoms with E-state index in [1.54, 1.807) is 0 Å². The largest absolute Gasteiger partial charge is 0.328 e. The van der Waals surface area contributed by atoms with E-state index >= 15 is 0 Å². The Kier molecular flexibility index (Phi) is 3.34. The molecule has 0 heterocycles. The van der Waals surface area contributed by atoms with E-state index in [0.29, 0.717) is 18.6 Å². The lowest BCUT2D eigenvalue weighted by Crippen LogP contribution is -2.37. The van der Waals surface area contributed by atoms with Crippen molar-refractivity contribution in [3.05, 3.63) is 0 Å². The summed E-state index contributed by atoms with van der Waals surface area (Å²) in [6.07, 6.45) is 4.46. The molecular weight excluding hydrogens is 138 g/mol. The van der Waals surface area contributed by atoms with Crippen LogP contribution in [-0.2, 0) is 0 Å². The molecule has 3 nitrogen and oxygen atoms in total. The normalized spacial score (nSPS) is 31.3. The average Bonchev–Trinajstić information content (AvgIpc) is 2.04. The van der Waals surface area contributed by atoms with E-state index in [-0.39, 0.29) is 0 Å². The van der Waals surface area contributed by atoms with Crippen molar-refractivity contribution in [3.63, 3.8) is 0 Å². The quantitative estimate of drug-likeness (QED) is 0.563. The van der Waals surface area contributed by atoms with Gasteiger partial charge in [0.05, 0.1) is 12.6 Å². The Morgan fingerprint density at radius 2 is 2.00 bits per heavy atom. The van der Waals surface area contributed by atoms with Crippen LogP contribution in [0.2, 0.25) is 0 Å². The molecule has 0 spiro atoms. The molecule has 0 aromatic carbocycles. The maximum absolute atomic E-state index is 8.31. The highest BCUT2D eigenvalue weighted by Gasteiger charge is 2.17. The maximum Gasteiger partial charge on any atom is 0.0843 e. The van der Waals surface area contributed by atoms with Gasteiger partial charge in [0.1, 0.15) is 0 Å². The van der Waals surface area contributed by atoms with Gasteiger partial charge < -0.3 is 11.1 Å². The number of hydrogen-bond acceptors (Lipinski definition) is 3. The molecule has 11 heavy (non-hydrogen) atoms. The standard InChI is InChI=1S/C8H15N3/c9-5-6-11-8-3-1-7(10)2-4-8/h7-8,11H,1-4,6,10H2. The maximum atomic E-state index is 8.31. The zero-order valence-electron chi connectivity index (χ0n) is 6.71. The van der Waals surface area contributed by atoms with Crippen LogP contribution in [0.15, 0.2) is 0 Å². The van der Waals surface area contributed by atoms with Crippen LogP contribution < -0.4 is 11.1 Å². The summed E-state index contributed by atoms with van der Waals surface area (Å²) < 4.78 is 0. The molecule has 0 aromatic rings. The Labute approximate surface area is 67.6 Å². The van der Waals surface area contributed by atoms with E-state index in [1.807, 2.05) is 0 Å². The molecule has 1 saturated carbocycles. The van der Waals surface area contributed by atoms with Crippen molar-refractivity contribution in [3.8, 4) is 6.07 Å². The van der Waals surface area contributed by atoms with Crippen LogP contribution >= 0.6 is 0 Å². The van der Waals surface area contributed by atoms with Gasteiger partial charge in [-0.05, 0) is 25.7 Å². The lowest BCUT2D eigenvalue weighted by molar-refractivity contribution is 0.352. The Morgan fingerprint density at radius 3 is 2.55 bits per heavy atom. The van der Waals surface area contributed by atoms with E-state index in [2.05, 4.69) is 11.4 Å². The van der Waals surface area contributed by atoms with Gasteiger partial charge in [-0.1, -0.05) is 0 Å². The van der Waals surface area contributed by atoms with Crippen molar-refractivity contribution in [2.45, 2.75) is 37.8 Å². The molecule has 3 heteroatoms. The summed E-state index contributed by atoms with van der Waals surface area (Å²) in [5.41, 5.74) is 5.73. The molecule has 0 radical (unpaired) electrons. The van der Waals surface area contributed by atoms with Gasteiger partial charge in [0.25, 0.3) is 0 Å². The molecule has 1 rings (SSSR count). The van der Waals surface area contributed by atoms with Gasteiger partial charge in [0.2, 0.25) is 0 Å². The molecule has 1 aliphatic carbocycles. The molecule has 0 bridgehead atoms. The second-order valence-corrected chi connectivity index (χ2v) is 3.15. The highest BCUT2D eigenvalue weighted by atomic mass is 14.9. The Balaban J connectivity index is 2.13. The van der Waals surface area contributed by atoms with Crippen molar-refractivity contribution in [2.24, 2.45) is 5.73 Å². The van der Waals surface area contributed by atoms with Crippen molar-refractivity contribution in [2.75, 3.05) is 6.54 Å². The number of hydrogen-bond donors (Lipinski definition) is 2. The predicted molar refractivity (Wildman–Crippen MR) is 43.8 cm³/mol. The number of nitrogens with zero attached hydrogens (tertiary/aromatic N) is 1. The molecule has 0 aromatic heterocycles. The number of nitrogens with one attached hydrogen (secondary N) is 1. The fourth-order valence-electron chi connectivity index (χ4n) is 1.51. The third-order valence-electron chi connectivity index (χ3n) is 2.24. The van der Waals surface area contributed by atoms with E-state index in [4.69, 9.17) is 11.0 Å². The zero-order chi connectivity index (χ0) is 8.10. The fourth-order valence-corrected chi connectivity index (χ4v) is 1.51. The Bertz CT molecular complexity index is 142. The molecule has 1 aliphatic rings. The Hall–Kier alpha value is -0.590. The summed E-state index contributed by atoms with van der Waals surface area (Å²) in [7, 11) is 0.